The van der Waals surface area contributed by atoms with Gasteiger partial charge in [-0.25, -0.2) is 9.78 Å². The van der Waals surface area contributed by atoms with E-state index in [1.165, 1.54) is 0 Å². The molecule has 2 aromatic rings. The molecule has 0 bridgehead atoms. The van der Waals surface area contributed by atoms with Gasteiger partial charge < -0.3 is 28.7 Å². The van der Waals surface area contributed by atoms with E-state index in [1.807, 2.05) is 26.8 Å². The number of anilines is 1. The minimum absolute atomic E-state index is 0.271. The summed E-state index contributed by atoms with van der Waals surface area (Å²) in [5.41, 5.74) is 0.305. The first kappa shape index (κ1) is 20.3. The van der Waals surface area contributed by atoms with Crippen LogP contribution in [0, 0.1) is 0 Å². The lowest BCUT2D eigenvalue weighted by molar-refractivity contribution is 0.0240. The second-order valence-electron chi connectivity index (χ2n) is 7.44. The van der Waals surface area contributed by atoms with Crippen LogP contribution in [0.15, 0.2) is 6.07 Å². The van der Waals surface area contributed by atoms with Gasteiger partial charge in [-0.3, -0.25) is 0 Å². The highest BCUT2D eigenvalue weighted by molar-refractivity contribution is 7.22. The Labute approximate surface area is 168 Å². The second kappa shape index (κ2) is 7.90. The lowest BCUT2D eigenvalue weighted by atomic mass is 10.2. The van der Waals surface area contributed by atoms with E-state index in [0.29, 0.717) is 43.4 Å². The van der Waals surface area contributed by atoms with Crippen molar-refractivity contribution in [1.29, 1.82) is 0 Å². The summed E-state index contributed by atoms with van der Waals surface area (Å²) < 4.78 is 22.8. The second-order valence-corrected chi connectivity index (χ2v) is 8.42. The number of nitrogens with zero attached hydrogens (tertiary/aromatic N) is 3. The lowest BCUT2D eigenvalue weighted by Crippen LogP contribution is -2.50. The van der Waals surface area contributed by atoms with Crippen LogP contribution in [0.5, 0.6) is 17.2 Å². The highest BCUT2D eigenvalue weighted by Gasteiger charge is 2.28. The van der Waals surface area contributed by atoms with E-state index in [2.05, 4.69) is 4.90 Å². The van der Waals surface area contributed by atoms with E-state index >= 15 is 0 Å². The van der Waals surface area contributed by atoms with Crippen LogP contribution in [0.4, 0.5) is 9.93 Å². The maximum atomic E-state index is 12.3. The van der Waals surface area contributed by atoms with Crippen molar-refractivity contribution >= 4 is 32.8 Å². The van der Waals surface area contributed by atoms with Crippen molar-refractivity contribution in [2.75, 3.05) is 52.4 Å². The molecule has 1 fully saturated rings. The number of hydrogen-bond acceptors (Lipinski definition) is 8. The number of benzene rings is 1. The van der Waals surface area contributed by atoms with E-state index in [9.17, 15) is 4.79 Å². The highest BCUT2D eigenvalue weighted by atomic mass is 32.1. The van der Waals surface area contributed by atoms with Crippen molar-refractivity contribution in [2.24, 2.45) is 0 Å². The Bertz CT molecular complexity index is 853. The fourth-order valence-corrected chi connectivity index (χ4v) is 4.17. The Hall–Kier alpha value is -2.42. The van der Waals surface area contributed by atoms with Gasteiger partial charge in [0.25, 0.3) is 0 Å². The molecule has 1 aromatic heterocycles. The van der Waals surface area contributed by atoms with E-state index in [1.54, 1.807) is 37.6 Å². The molecule has 1 aliphatic rings. The molecule has 0 saturated carbocycles. The Morgan fingerprint density at radius 1 is 1.04 bits per heavy atom. The number of hydrogen-bond donors (Lipinski definition) is 0. The number of ether oxygens (including phenoxy) is 4. The summed E-state index contributed by atoms with van der Waals surface area (Å²) in [4.78, 5) is 20.9. The van der Waals surface area contributed by atoms with Crippen LogP contribution in [0.1, 0.15) is 20.8 Å². The van der Waals surface area contributed by atoms with Crippen LogP contribution in [0.25, 0.3) is 10.2 Å². The molecule has 1 amide bonds. The van der Waals surface area contributed by atoms with Gasteiger partial charge in [-0.05, 0) is 20.8 Å². The molecular formula is C19H27N3O5S. The number of rotatable bonds is 4. The van der Waals surface area contributed by atoms with Crippen molar-refractivity contribution < 1.29 is 23.7 Å². The van der Waals surface area contributed by atoms with Crippen LogP contribution in [0.3, 0.4) is 0 Å². The summed E-state index contributed by atoms with van der Waals surface area (Å²) in [5, 5.41) is 0.882. The molecular weight excluding hydrogens is 382 g/mol. The molecule has 28 heavy (non-hydrogen) atoms. The number of methoxy groups -OCH3 is 3. The van der Waals surface area contributed by atoms with Gasteiger partial charge in [-0.1, -0.05) is 11.3 Å². The maximum Gasteiger partial charge on any atom is 0.410 e. The van der Waals surface area contributed by atoms with Crippen molar-refractivity contribution in [3.8, 4) is 17.2 Å². The molecule has 0 aliphatic carbocycles. The minimum atomic E-state index is -0.490. The molecule has 0 unspecified atom stereocenters. The third-order valence-corrected chi connectivity index (χ3v) is 5.51. The van der Waals surface area contributed by atoms with Crippen molar-refractivity contribution in [3.05, 3.63) is 6.07 Å². The zero-order valence-electron chi connectivity index (χ0n) is 17.2. The van der Waals surface area contributed by atoms with Crippen LogP contribution in [0.2, 0.25) is 0 Å². The Balaban J connectivity index is 1.79. The summed E-state index contributed by atoms with van der Waals surface area (Å²) in [6, 6.07) is 1.85. The first-order valence-electron chi connectivity index (χ1n) is 9.09. The number of carbonyl (C=O) groups is 1. The molecule has 9 heteroatoms. The summed E-state index contributed by atoms with van der Waals surface area (Å²) in [7, 11) is 4.78. The fraction of sp³-hybridized carbons (Fsp3) is 0.579. The molecule has 0 atom stereocenters. The van der Waals surface area contributed by atoms with E-state index in [0.717, 1.165) is 15.3 Å². The Morgan fingerprint density at radius 2 is 1.68 bits per heavy atom. The summed E-state index contributed by atoms with van der Waals surface area (Å²) in [5.74, 6) is 1.76. The predicted octanol–water partition coefficient (Wildman–Crippen LogP) is 3.38. The topological polar surface area (TPSA) is 73.4 Å². The van der Waals surface area contributed by atoms with Crippen molar-refractivity contribution in [1.82, 2.24) is 9.88 Å². The smallest absolute Gasteiger partial charge is 0.410 e. The lowest BCUT2D eigenvalue weighted by Gasteiger charge is -2.35. The fourth-order valence-electron chi connectivity index (χ4n) is 3.06. The molecule has 0 spiro atoms. The zero-order valence-corrected chi connectivity index (χ0v) is 18.0. The number of carbonyl (C=O) groups excluding carboxylic acids is 1. The molecule has 0 N–H and O–H groups in total. The first-order chi connectivity index (χ1) is 13.3. The Kier molecular flexibility index (Phi) is 5.74. The van der Waals surface area contributed by atoms with Crippen LogP contribution < -0.4 is 19.1 Å². The van der Waals surface area contributed by atoms with Gasteiger partial charge in [-0.2, -0.15) is 0 Å². The van der Waals surface area contributed by atoms with E-state index in [4.69, 9.17) is 23.9 Å². The standard InChI is InChI=1S/C19H27N3O5S/c1-19(2,3)27-18(23)22-9-7-21(8-10-22)17-20-12-11-13(24-4)14(25-5)15(26-6)16(12)28-17/h11H,7-10H2,1-6H3. The van der Waals surface area contributed by atoms with E-state index < -0.39 is 5.60 Å². The Morgan fingerprint density at radius 3 is 2.21 bits per heavy atom. The summed E-state index contributed by atoms with van der Waals surface area (Å²) >= 11 is 1.54. The molecule has 8 nitrogen and oxygen atoms in total. The van der Waals surface area contributed by atoms with Gasteiger partial charge >= 0.3 is 6.09 Å². The molecule has 3 rings (SSSR count). The van der Waals surface area contributed by atoms with Gasteiger partial charge in [0.05, 0.1) is 26.8 Å². The maximum absolute atomic E-state index is 12.3. The number of piperazine rings is 1. The monoisotopic (exact) mass is 409 g/mol. The number of aromatic nitrogens is 1. The summed E-state index contributed by atoms with van der Waals surface area (Å²) in [6.07, 6.45) is -0.271. The third-order valence-electron chi connectivity index (χ3n) is 4.38. The number of amides is 1. The van der Waals surface area contributed by atoms with Gasteiger partial charge in [0.2, 0.25) is 5.75 Å². The first-order valence-corrected chi connectivity index (χ1v) is 9.91. The normalized spacial score (nSPS) is 14.9. The summed E-state index contributed by atoms with van der Waals surface area (Å²) in [6.45, 7) is 8.18. The predicted molar refractivity (Wildman–Crippen MR) is 109 cm³/mol. The van der Waals surface area contributed by atoms with Crippen LogP contribution >= 0.6 is 11.3 Å². The molecule has 0 radical (unpaired) electrons. The van der Waals surface area contributed by atoms with Crippen LogP contribution in [-0.2, 0) is 4.74 Å². The van der Waals surface area contributed by atoms with Crippen molar-refractivity contribution in [3.63, 3.8) is 0 Å². The average molecular weight is 410 g/mol. The third kappa shape index (κ3) is 4.04. The van der Waals surface area contributed by atoms with Crippen molar-refractivity contribution in [2.45, 2.75) is 26.4 Å². The largest absolute Gasteiger partial charge is 0.493 e. The number of thiazole rings is 1. The van der Waals surface area contributed by atoms with Crippen LogP contribution in [-0.4, -0.2) is 69.1 Å². The molecule has 1 aromatic carbocycles. The molecule has 1 saturated heterocycles. The highest BCUT2D eigenvalue weighted by Crippen LogP contribution is 2.46. The zero-order chi connectivity index (χ0) is 20.5. The molecule has 154 valence electrons. The SMILES string of the molecule is COc1cc2nc(N3CCN(C(=O)OC(C)(C)C)CC3)sc2c(OC)c1OC. The molecule has 2 heterocycles. The minimum Gasteiger partial charge on any atom is -0.493 e. The van der Waals surface area contributed by atoms with Gasteiger partial charge in [0.1, 0.15) is 10.3 Å². The quantitative estimate of drug-likeness (QED) is 0.766. The number of fused-ring (bicyclic) bond motifs is 1. The molecule has 1 aliphatic heterocycles. The average Bonchev–Trinajstić information content (AvgIpc) is 3.08. The van der Waals surface area contributed by atoms with Gasteiger partial charge in [0.15, 0.2) is 16.6 Å². The van der Waals surface area contributed by atoms with Gasteiger partial charge in [-0.15, -0.1) is 0 Å². The van der Waals surface area contributed by atoms with Gasteiger partial charge in [0, 0.05) is 32.2 Å². The van der Waals surface area contributed by atoms with E-state index in [-0.39, 0.29) is 6.09 Å².